The maximum absolute atomic E-state index is 13.2. The number of methoxy groups -OCH3 is 1. The van der Waals surface area contributed by atoms with Gasteiger partial charge < -0.3 is 20.7 Å². The van der Waals surface area contributed by atoms with Crippen molar-refractivity contribution in [1.82, 2.24) is 15.3 Å². The molecule has 29 heavy (non-hydrogen) atoms. The number of hydrogen-bond donors (Lipinski definition) is 3. The molecule has 0 atom stereocenters. The monoisotopic (exact) mass is 395 g/mol. The number of amides is 1. The summed E-state index contributed by atoms with van der Waals surface area (Å²) in [4.78, 5) is 20.8. The second-order valence-electron chi connectivity index (χ2n) is 6.26. The second-order valence-corrected chi connectivity index (χ2v) is 6.26. The molecule has 0 spiro atoms. The average molecular weight is 395 g/mol. The molecule has 3 aromatic rings. The number of rotatable bonds is 8. The number of nitrogens with one attached hydrogen (secondary N) is 3. The molecule has 3 rings (SSSR count). The number of anilines is 3. The number of aromatic nitrogens is 2. The van der Waals surface area contributed by atoms with Crippen LogP contribution >= 0.6 is 0 Å². The molecule has 3 N–H and O–H groups in total. The third-order valence-corrected chi connectivity index (χ3v) is 4.00. The van der Waals surface area contributed by atoms with Gasteiger partial charge in [-0.05, 0) is 49.4 Å². The van der Waals surface area contributed by atoms with Gasteiger partial charge in [0.1, 0.15) is 17.4 Å². The summed E-state index contributed by atoms with van der Waals surface area (Å²) in [5.41, 5.74) is 1.95. The fourth-order valence-electron chi connectivity index (χ4n) is 2.62. The lowest BCUT2D eigenvalue weighted by atomic mass is 10.2. The third kappa shape index (κ3) is 5.90. The lowest BCUT2D eigenvalue weighted by molar-refractivity contribution is 0.0954. The molecule has 0 aliphatic rings. The molecule has 0 aliphatic heterocycles. The Hall–Kier alpha value is -3.68. The summed E-state index contributed by atoms with van der Waals surface area (Å²) in [5.74, 6) is 1.09. The Morgan fingerprint density at radius 2 is 1.86 bits per heavy atom. The van der Waals surface area contributed by atoms with E-state index in [-0.39, 0.29) is 11.5 Å². The Balaban J connectivity index is 1.53. The quantitative estimate of drug-likeness (QED) is 0.506. The lowest BCUT2D eigenvalue weighted by Crippen LogP contribution is -2.29. The summed E-state index contributed by atoms with van der Waals surface area (Å²) in [6.45, 7) is 2.64. The maximum Gasteiger partial charge on any atom is 0.251 e. The summed E-state index contributed by atoms with van der Waals surface area (Å²) >= 11 is 0. The normalized spacial score (nSPS) is 10.3. The van der Waals surface area contributed by atoms with Crippen LogP contribution in [0.3, 0.4) is 0 Å². The van der Waals surface area contributed by atoms with Crippen molar-refractivity contribution in [2.75, 3.05) is 30.8 Å². The van der Waals surface area contributed by atoms with E-state index in [1.54, 1.807) is 13.2 Å². The minimum atomic E-state index is -0.444. The molecular formula is C21H22FN5O2. The highest BCUT2D eigenvalue weighted by atomic mass is 19.1. The fraction of sp³-hybridized carbons (Fsp3) is 0.190. The second kappa shape index (κ2) is 9.50. The molecule has 2 aromatic carbocycles. The first kappa shape index (κ1) is 20.1. The number of carbonyl (C=O) groups is 1. The van der Waals surface area contributed by atoms with Crippen LogP contribution in [0.15, 0.2) is 54.6 Å². The number of nitrogens with zero attached hydrogens (tertiary/aromatic N) is 2. The molecule has 0 saturated heterocycles. The van der Waals surface area contributed by atoms with Gasteiger partial charge in [0.25, 0.3) is 5.91 Å². The topological polar surface area (TPSA) is 88.2 Å². The van der Waals surface area contributed by atoms with Gasteiger partial charge in [0.05, 0.1) is 7.11 Å². The van der Waals surface area contributed by atoms with Crippen molar-refractivity contribution in [2.45, 2.75) is 6.92 Å². The van der Waals surface area contributed by atoms with Gasteiger partial charge in [-0.2, -0.15) is 4.98 Å². The Kier molecular flexibility index (Phi) is 6.57. The van der Waals surface area contributed by atoms with Crippen LogP contribution < -0.4 is 20.7 Å². The zero-order valence-electron chi connectivity index (χ0n) is 16.2. The molecular weight excluding hydrogens is 373 g/mol. The zero-order chi connectivity index (χ0) is 20.6. The highest BCUT2D eigenvalue weighted by Gasteiger charge is 2.06. The van der Waals surface area contributed by atoms with Crippen LogP contribution in [-0.2, 0) is 0 Å². The van der Waals surface area contributed by atoms with Gasteiger partial charge in [0.2, 0.25) is 5.95 Å². The highest BCUT2D eigenvalue weighted by Crippen LogP contribution is 2.19. The molecule has 7 nitrogen and oxygen atoms in total. The van der Waals surface area contributed by atoms with Crippen LogP contribution in [0.2, 0.25) is 0 Å². The summed E-state index contributed by atoms with van der Waals surface area (Å²) in [6.07, 6.45) is 0. The summed E-state index contributed by atoms with van der Waals surface area (Å²) in [6, 6.07) is 14.9. The van der Waals surface area contributed by atoms with Crippen molar-refractivity contribution in [3.63, 3.8) is 0 Å². The first-order chi connectivity index (χ1) is 14.0. The van der Waals surface area contributed by atoms with E-state index in [0.29, 0.717) is 24.9 Å². The number of halogens is 1. The van der Waals surface area contributed by atoms with Crippen molar-refractivity contribution in [3.8, 4) is 5.75 Å². The van der Waals surface area contributed by atoms with Gasteiger partial charge in [-0.15, -0.1) is 0 Å². The Morgan fingerprint density at radius 3 is 2.59 bits per heavy atom. The van der Waals surface area contributed by atoms with E-state index in [0.717, 1.165) is 17.1 Å². The van der Waals surface area contributed by atoms with Crippen LogP contribution in [-0.4, -0.2) is 36.1 Å². The van der Waals surface area contributed by atoms with Crippen LogP contribution in [0, 0.1) is 12.7 Å². The SMILES string of the molecule is COc1ccc(Nc2cc(C)nc(NCCNC(=O)c3cccc(F)c3)n2)cc1. The van der Waals surface area contributed by atoms with Gasteiger partial charge in [-0.1, -0.05) is 6.07 Å². The third-order valence-electron chi connectivity index (χ3n) is 4.00. The van der Waals surface area contributed by atoms with Crippen LogP contribution in [0.4, 0.5) is 21.8 Å². The molecule has 1 aromatic heterocycles. The van der Waals surface area contributed by atoms with Gasteiger partial charge in [-0.25, -0.2) is 9.37 Å². The van der Waals surface area contributed by atoms with E-state index in [9.17, 15) is 9.18 Å². The van der Waals surface area contributed by atoms with E-state index in [1.807, 2.05) is 37.3 Å². The molecule has 150 valence electrons. The predicted molar refractivity (Wildman–Crippen MR) is 110 cm³/mol. The molecule has 1 heterocycles. The molecule has 0 bridgehead atoms. The van der Waals surface area contributed by atoms with Crippen LogP contribution in [0.5, 0.6) is 5.75 Å². The lowest BCUT2D eigenvalue weighted by Gasteiger charge is -2.11. The predicted octanol–water partition coefficient (Wildman–Crippen LogP) is 3.52. The van der Waals surface area contributed by atoms with E-state index >= 15 is 0 Å². The van der Waals surface area contributed by atoms with Crippen LogP contribution in [0.25, 0.3) is 0 Å². The molecule has 0 fully saturated rings. The fourth-order valence-corrected chi connectivity index (χ4v) is 2.62. The number of hydrogen-bond acceptors (Lipinski definition) is 6. The van der Waals surface area contributed by atoms with Crippen molar-refractivity contribution in [3.05, 3.63) is 71.7 Å². The van der Waals surface area contributed by atoms with Gasteiger partial charge in [0.15, 0.2) is 0 Å². The van der Waals surface area contributed by atoms with Crippen LogP contribution in [0.1, 0.15) is 16.1 Å². The van der Waals surface area contributed by atoms with Crippen molar-refractivity contribution >= 4 is 23.4 Å². The van der Waals surface area contributed by atoms with Crippen molar-refractivity contribution in [1.29, 1.82) is 0 Å². The molecule has 0 aliphatic carbocycles. The molecule has 0 radical (unpaired) electrons. The molecule has 0 saturated carbocycles. The summed E-state index contributed by atoms with van der Waals surface area (Å²) in [5, 5.41) is 9.02. The van der Waals surface area contributed by atoms with Gasteiger partial charge >= 0.3 is 0 Å². The minimum Gasteiger partial charge on any atom is -0.497 e. The number of aryl methyl sites for hydroxylation is 1. The Bertz CT molecular complexity index is 979. The largest absolute Gasteiger partial charge is 0.497 e. The molecule has 0 unspecified atom stereocenters. The summed E-state index contributed by atoms with van der Waals surface area (Å²) in [7, 11) is 1.62. The van der Waals surface area contributed by atoms with Crippen molar-refractivity contribution in [2.24, 2.45) is 0 Å². The van der Waals surface area contributed by atoms with E-state index in [2.05, 4.69) is 25.9 Å². The molecule has 1 amide bonds. The number of ether oxygens (including phenoxy) is 1. The molecule has 8 heteroatoms. The zero-order valence-corrected chi connectivity index (χ0v) is 16.2. The standard InChI is InChI=1S/C21H22FN5O2/c1-14-12-19(26-17-6-8-18(29-2)9-7-17)27-21(25-14)24-11-10-23-20(28)15-4-3-5-16(22)13-15/h3-9,12-13H,10-11H2,1-2H3,(H,23,28)(H2,24,25,26,27). The first-order valence-corrected chi connectivity index (χ1v) is 9.08. The van der Waals surface area contributed by atoms with E-state index < -0.39 is 5.82 Å². The van der Waals surface area contributed by atoms with Gasteiger partial charge in [-0.3, -0.25) is 4.79 Å². The van der Waals surface area contributed by atoms with E-state index in [1.165, 1.54) is 18.2 Å². The summed E-state index contributed by atoms with van der Waals surface area (Å²) < 4.78 is 18.3. The minimum absolute atomic E-state index is 0.280. The van der Waals surface area contributed by atoms with Gasteiger partial charge in [0, 0.05) is 36.1 Å². The maximum atomic E-state index is 13.2. The Morgan fingerprint density at radius 1 is 1.07 bits per heavy atom. The number of carbonyl (C=O) groups excluding carboxylic acids is 1. The van der Waals surface area contributed by atoms with E-state index in [4.69, 9.17) is 4.74 Å². The van der Waals surface area contributed by atoms with Crippen molar-refractivity contribution < 1.29 is 13.9 Å². The number of benzene rings is 2. The average Bonchev–Trinajstić information content (AvgIpc) is 2.71. The highest BCUT2D eigenvalue weighted by molar-refractivity contribution is 5.94. The Labute approximate surface area is 168 Å². The smallest absolute Gasteiger partial charge is 0.251 e. The first-order valence-electron chi connectivity index (χ1n) is 9.08.